The Balaban J connectivity index is 1.51. The molecule has 142 valence electrons. The van der Waals surface area contributed by atoms with E-state index in [9.17, 15) is 14.0 Å². The molecule has 3 rings (SSSR count). The Morgan fingerprint density at radius 2 is 1.74 bits per heavy atom. The number of aromatic nitrogens is 2. The van der Waals surface area contributed by atoms with E-state index in [-0.39, 0.29) is 24.0 Å². The first-order valence-electron chi connectivity index (χ1n) is 8.93. The first-order valence-corrected chi connectivity index (χ1v) is 8.93. The smallest absolute Gasteiger partial charge is 0.329 e. The summed E-state index contributed by atoms with van der Waals surface area (Å²) in [6, 6.07) is 13.2. The summed E-state index contributed by atoms with van der Waals surface area (Å²) in [5, 5.41) is 2.80. The summed E-state index contributed by atoms with van der Waals surface area (Å²) < 4.78 is 21.4. The Morgan fingerprint density at radius 3 is 2.41 bits per heavy atom. The lowest BCUT2D eigenvalue weighted by molar-refractivity contribution is -0.121. The van der Waals surface area contributed by atoms with Gasteiger partial charge in [-0.25, -0.2) is 9.18 Å². The summed E-state index contributed by atoms with van der Waals surface area (Å²) in [7, 11) is 0. The molecule has 0 aliphatic heterocycles. The van der Waals surface area contributed by atoms with Crippen LogP contribution in [0, 0.1) is 5.82 Å². The highest BCUT2D eigenvalue weighted by Crippen LogP contribution is 2.13. The molecule has 0 saturated carbocycles. The van der Waals surface area contributed by atoms with Crippen molar-refractivity contribution in [1.29, 1.82) is 0 Å². The molecule has 27 heavy (non-hydrogen) atoms. The largest absolute Gasteiger partial charge is 0.494 e. The number of imidazole rings is 1. The number of aryl methyl sites for hydroxylation is 1. The quantitative estimate of drug-likeness (QED) is 0.619. The molecule has 0 bridgehead atoms. The van der Waals surface area contributed by atoms with Gasteiger partial charge in [-0.3, -0.25) is 13.9 Å². The van der Waals surface area contributed by atoms with Crippen LogP contribution in [-0.2, 0) is 17.9 Å². The predicted molar refractivity (Wildman–Crippen MR) is 101 cm³/mol. The minimum Gasteiger partial charge on any atom is -0.494 e. The van der Waals surface area contributed by atoms with Crippen LogP contribution in [0.4, 0.5) is 4.39 Å². The van der Waals surface area contributed by atoms with Crippen molar-refractivity contribution in [1.82, 2.24) is 14.5 Å². The summed E-state index contributed by atoms with van der Waals surface area (Å²) >= 11 is 0. The topological polar surface area (TPSA) is 65.3 Å². The zero-order valence-corrected chi connectivity index (χ0v) is 15.2. The van der Waals surface area contributed by atoms with Crippen molar-refractivity contribution in [3.8, 4) is 5.75 Å². The first kappa shape index (κ1) is 18.7. The zero-order valence-electron chi connectivity index (χ0n) is 15.2. The molecule has 0 aliphatic carbocycles. The number of halogens is 1. The number of carbonyl (C=O) groups is 1. The standard InChI is InChI=1S/C20H22FN3O3/c1-2-23-17-6-3-4-7-18(17)24(20(23)26)14-19(25)22-12-5-13-27-16-10-8-15(21)9-11-16/h3-4,6-11H,2,5,12-14H2,1H3,(H,22,25). The van der Waals surface area contributed by atoms with Gasteiger partial charge in [0.2, 0.25) is 5.91 Å². The second kappa shape index (κ2) is 8.53. The fourth-order valence-electron chi connectivity index (χ4n) is 2.95. The Hall–Kier alpha value is -3.09. The van der Waals surface area contributed by atoms with Gasteiger partial charge in [0.1, 0.15) is 18.1 Å². The van der Waals surface area contributed by atoms with Crippen molar-refractivity contribution in [2.75, 3.05) is 13.2 Å². The van der Waals surface area contributed by atoms with Crippen LogP contribution in [0.25, 0.3) is 11.0 Å². The maximum Gasteiger partial charge on any atom is 0.329 e. The van der Waals surface area contributed by atoms with E-state index < -0.39 is 0 Å². The lowest BCUT2D eigenvalue weighted by atomic mass is 10.3. The van der Waals surface area contributed by atoms with E-state index in [1.54, 1.807) is 16.7 Å². The molecule has 0 spiro atoms. The number of nitrogens with zero attached hydrogens (tertiary/aromatic N) is 2. The zero-order chi connectivity index (χ0) is 19.2. The molecule has 0 unspecified atom stereocenters. The van der Waals surface area contributed by atoms with E-state index in [1.165, 1.54) is 16.7 Å². The lowest BCUT2D eigenvalue weighted by Crippen LogP contribution is -2.33. The van der Waals surface area contributed by atoms with Gasteiger partial charge < -0.3 is 10.1 Å². The monoisotopic (exact) mass is 371 g/mol. The Morgan fingerprint density at radius 1 is 1.07 bits per heavy atom. The maximum absolute atomic E-state index is 12.8. The molecule has 3 aromatic rings. The van der Waals surface area contributed by atoms with E-state index in [1.807, 2.05) is 31.2 Å². The molecule has 0 radical (unpaired) electrons. The molecule has 0 fully saturated rings. The maximum atomic E-state index is 12.8. The molecule has 7 heteroatoms. The SMILES string of the molecule is CCn1c(=O)n(CC(=O)NCCCOc2ccc(F)cc2)c2ccccc21. The minimum atomic E-state index is -0.311. The third-order valence-electron chi connectivity index (χ3n) is 4.27. The minimum absolute atomic E-state index is 0.0227. The molecule has 0 aliphatic rings. The van der Waals surface area contributed by atoms with E-state index in [4.69, 9.17) is 4.74 Å². The fraction of sp³-hybridized carbons (Fsp3) is 0.300. The third-order valence-corrected chi connectivity index (χ3v) is 4.27. The normalized spacial score (nSPS) is 10.9. The number of carbonyl (C=O) groups excluding carboxylic acids is 1. The molecular weight excluding hydrogens is 349 g/mol. The van der Waals surface area contributed by atoms with Crippen LogP contribution in [0.1, 0.15) is 13.3 Å². The number of hydrogen-bond donors (Lipinski definition) is 1. The Labute approximate surface area is 156 Å². The van der Waals surface area contributed by atoms with Crippen molar-refractivity contribution >= 4 is 16.9 Å². The number of rotatable bonds is 8. The van der Waals surface area contributed by atoms with E-state index in [2.05, 4.69) is 5.32 Å². The second-order valence-corrected chi connectivity index (χ2v) is 6.11. The van der Waals surface area contributed by atoms with Gasteiger partial charge in [0.05, 0.1) is 17.6 Å². The molecule has 0 atom stereocenters. The summed E-state index contributed by atoms with van der Waals surface area (Å²) in [5.41, 5.74) is 1.39. The van der Waals surface area contributed by atoms with Gasteiger partial charge in [-0.05, 0) is 49.7 Å². The van der Waals surface area contributed by atoms with Gasteiger partial charge >= 0.3 is 5.69 Å². The average molecular weight is 371 g/mol. The highest BCUT2D eigenvalue weighted by Gasteiger charge is 2.13. The summed E-state index contributed by atoms with van der Waals surface area (Å²) in [5.74, 6) is 0.0498. The molecule has 1 amide bonds. The Bertz CT molecular complexity index is 976. The number of benzene rings is 2. The summed E-state index contributed by atoms with van der Waals surface area (Å²) in [6.45, 7) is 3.27. The fourth-order valence-corrected chi connectivity index (χ4v) is 2.95. The number of amides is 1. The molecule has 1 heterocycles. The number of hydrogen-bond acceptors (Lipinski definition) is 3. The average Bonchev–Trinajstić information content (AvgIpc) is 2.94. The second-order valence-electron chi connectivity index (χ2n) is 6.11. The molecule has 6 nitrogen and oxygen atoms in total. The van der Waals surface area contributed by atoms with E-state index in [0.717, 1.165) is 11.0 Å². The number of nitrogens with one attached hydrogen (secondary N) is 1. The van der Waals surface area contributed by atoms with Crippen LogP contribution in [0.2, 0.25) is 0 Å². The van der Waals surface area contributed by atoms with Crippen LogP contribution >= 0.6 is 0 Å². The van der Waals surface area contributed by atoms with Crippen LogP contribution in [0.3, 0.4) is 0 Å². The summed E-state index contributed by atoms with van der Waals surface area (Å²) in [4.78, 5) is 24.7. The molecule has 1 N–H and O–H groups in total. The van der Waals surface area contributed by atoms with Gasteiger partial charge in [-0.2, -0.15) is 0 Å². The molecular formula is C20H22FN3O3. The van der Waals surface area contributed by atoms with Gasteiger partial charge in [0.15, 0.2) is 0 Å². The van der Waals surface area contributed by atoms with Crippen molar-refractivity contribution in [3.63, 3.8) is 0 Å². The first-order chi connectivity index (χ1) is 13.1. The van der Waals surface area contributed by atoms with Crippen molar-refractivity contribution in [2.45, 2.75) is 26.4 Å². The van der Waals surface area contributed by atoms with Crippen LogP contribution < -0.4 is 15.7 Å². The number of fused-ring (bicyclic) bond motifs is 1. The molecule has 1 aromatic heterocycles. The summed E-state index contributed by atoms with van der Waals surface area (Å²) in [6.07, 6.45) is 0.606. The van der Waals surface area contributed by atoms with Gasteiger partial charge in [0, 0.05) is 13.1 Å². The van der Waals surface area contributed by atoms with Crippen LogP contribution in [-0.4, -0.2) is 28.2 Å². The van der Waals surface area contributed by atoms with Gasteiger partial charge in [-0.15, -0.1) is 0 Å². The van der Waals surface area contributed by atoms with Crippen LogP contribution in [0.15, 0.2) is 53.3 Å². The van der Waals surface area contributed by atoms with Crippen molar-refractivity contribution in [3.05, 3.63) is 64.8 Å². The van der Waals surface area contributed by atoms with Crippen molar-refractivity contribution in [2.24, 2.45) is 0 Å². The van der Waals surface area contributed by atoms with Crippen LogP contribution in [0.5, 0.6) is 5.75 Å². The van der Waals surface area contributed by atoms with Gasteiger partial charge in [0.25, 0.3) is 0 Å². The van der Waals surface area contributed by atoms with E-state index in [0.29, 0.717) is 31.9 Å². The van der Waals surface area contributed by atoms with E-state index >= 15 is 0 Å². The molecule has 2 aromatic carbocycles. The molecule has 0 saturated heterocycles. The lowest BCUT2D eigenvalue weighted by Gasteiger charge is -2.08. The van der Waals surface area contributed by atoms with Gasteiger partial charge in [-0.1, -0.05) is 12.1 Å². The third kappa shape index (κ3) is 4.36. The highest BCUT2D eigenvalue weighted by atomic mass is 19.1. The number of ether oxygens (including phenoxy) is 1. The number of para-hydroxylation sites is 2. The predicted octanol–water partition coefficient (Wildman–Crippen LogP) is 2.55. The Kier molecular flexibility index (Phi) is 5.90. The highest BCUT2D eigenvalue weighted by molar-refractivity contribution is 5.80. The van der Waals surface area contributed by atoms with Crippen molar-refractivity contribution < 1.29 is 13.9 Å².